The van der Waals surface area contributed by atoms with Crippen molar-refractivity contribution in [2.45, 2.75) is 26.8 Å². The van der Waals surface area contributed by atoms with Gasteiger partial charge in [0.25, 0.3) is 0 Å². The van der Waals surface area contributed by atoms with Gasteiger partial charge in [0.05, 0.1) is 6.54 Å². The van der Waals surface area contributed by atoms with Crippen molar-refractivity contribution in [3.63, 3.8) is 0 Å². The second kappa shape index (κ2) is 6.03. The highest BCUT2D eigenvalue weighted by Crippen LogP contribution is 2.01. The molecule has 0 radical (unpaired) electrons. The second-order valence-electron chi connectivity index (χ2n) is 3.34. The summed E-state index contributed by atoms with van der Waals surface area (Å²) in [7, 11) is 0. The number of terminal acetylenes is 1. The van der Waals surface area contributed by atoms with Gasteiger partial charge in [-0.25, -0.2) is 0 Å². The van der Waals surface area contributed by atoms with Gasteiger partial charge in [0.1, 0.15) is 6.04 Å². The van der Waals surface area contributed by atoms with Crippen LogP contribution in [0.4, 0.5) is 0 Å². The van der Waals surface area contributed by atoms with Gasteiger partial charge in [-0.15, -0.1) is 6.42 Å². The Morgan fingerprint density at radius 3 is 2.36 bits per heavy atom. The van der Waals surface area contributed by atoms with Crippen LogP contribution in [0.1, 0.15) is 20.8 Å². The number of amides is 2. The summed E-state index contributed by atoms with van der Waals surface area (Å²) in [5.41, 5.74) is 0. The van der Waals surface area contributed by atoms with Gasteiger partial charge >= 0.3 is 0 Å². The molecule has 0 saturated heterocycles. The Morgan fingerprint density at radius 1 is 1.43 bits per heavy atom. The summed E-state index contributed by atoms with van der Waals surface area (Å²) in [5.74, 6) is 1.87. The van der Waals surface area contributed by atoms with Crippen molar-refractivity contribution in [3.8, 4) is 12.3 Å². The second-order valence-corrected chi connectivity index (χ2v) is 3.34. The summed E-state index contributed by atoms with van der Waals surface area (Å²) >= 11 is 0. The smallest absolute Gasteiger partial charge is 0.243 e. The standard InChI is InChI=1S/C10H16N2O2/c1-5-6-11-10(14)9(7(2)3)12-8(4)13/h1,7,9H,6H2,2-4H3,(H,11,14)(H,12,13)/t9-/m0/s1. The number of carbonyl (C=O) groups excluding carboxylic acids is 2. The maximum absolute atomic E-state index is 11.5. The molecule has 0 aromatic rings. The van der Waals surface area contributed by atoms with Crippen molar-refractivity contribution < 1.29 is 9.59 Å². The van der Waals surface area contributed by atoms with E-state index in [1.807, 2.05) is 13.8 Å². The Labute approximate surface area is 84.4 Å². The van der Waals surface area contributed by atoms with E-state index in [1.54, 1.807) is 0 Å². The lowest BCUT2D eigenvalue weighted by Gasteiger charge is -2.20. The van der Waals surface area contributed by atoms with Crippen LogP contribution >= 0.6 is 0 Å². The van der Waals surface area contributed by atoms with Crippen LogP contribution in [0.25, 0.3) is 0 Å². The minimum Gasteiger partial charge on any atom is -0.344 e. The third-order valence-electron chi connectivity index (χ3n) is 1.67. The van der Waals surface area contributed by atoms with Gasteiger partial charge in [-0.2, -0.15) is 0 Å². The number of hydrogen-bond donors (Lipinski definition) is 2. The lowest BCUT2D eigenvalue weighted by molar-refractivity contribution is -0.129. The molecular weight excluding hydrogens is 180 g/mol. The Morgan fingerprint density at radius 2 is 2.00 bits per heavy atom. The summed E-state index contributed by atoms with van der Waals surface area (Å²) in [5, 5.41) is 5.10. The predicted octanol–water partition coefficient (Wildman–Crippen LogP) is -0.104. The molecule has 14 heavy (non-hydrogen) atoms. The molecule has 78 valence electrons. The molecule has 0 aliphatic rings. The van der Waals surface area contributed by atoms with Crippen molar-refractivity contribution in [3.05, 3.63) is 0 Å². The molecule has 1 atom stereocenters. The first-order valence-electron chi connectivity index (χ1n) is 4.47. The van der Waals surface area contributed by atoms with E-state index in [0.29, 0.717) is 0 Å². The van der Waals surface area contributed by atoms with E-state index >= 15 is 0 Å². The molecule has 2 N–H and O–H groups in total. The first kappa shape index (κ1) is 12.5. The monoisotopic (exact) mass is 196 g/mol. The average molecular weight is 196 g/mol. The molecular formula is C10H16N2O2. The zero-order chi connectivity index (χ0) is 11.1. The van der Waals surface area contributed by atoms with Crippen LogP contribution in [0.2, 0.25) is 0 Å². The zero-order valence-electron chi connectivity index (χ0n) is 8.76. The lowest BCUT2D eigenvalue weighted by atomic mass is 10.0. The maximum Gasteiger partial charge on any atom is 0.243 e. The van der Waals surface area contributed by atoms with Crippen LogP contribution in [-0.4, -0.2) is 24.4 Å². The molecule has 0 heterocycles. The topological polar surface area (TPSA) is 58.2 Å². The summed E-state index contributed by atoms with van der Waals surface area (Å²) in [6, 6.07) is -0.513. The normalized spacial score (nSPS) is 11.6. The third kappa shape index (κ3) is 4.51. The van der Waals surface area contributed by atoms with Gasteiger partial charge in [-0.1, -0.05) is 19.8 Å². The molecule has 0 rings (SSSR count). The van der Waals surface area contributed by atoms with Gasteiger partial charge in [0.15, 0.2) is 0 Å². The van der Waals surface area contributed by atoms with E-state index in [0.717, 1.165) is 0 Å². The predicted molar refractivity (Wildman–Crippen MR) is 54.3 cm³/mol. The van der Waals surface area contributed by atoms with Gasteiger partial charge < -0.3 is 10.6 Å². The van der Waals surface area contributed by atoms with Gasteiger partial charge in [-0.3, -0.25) is 9.59 Å². The molecule has 2 amide bonds. The van der Waals surface area contributed by atoms with Crippen molar-refractivity contribution in [1.29, 1.82) is 0 Å². The first-order chi connectivity index (χ1) is 6.49. The maximum atomic E-state index is 11.5. The zero-order valence-corrected chi connectivity index (χ0v) is 8.76. The Bertz CT molecular complexity index is 253. The summed E-state index contributed by atoms with van der Waals surface area (Å²) in [4.78, 5) is 22.3. The SMILES string of the molecule is C#CCNC(=O)[C@@H](NC(C)=O)C(C)C. The van der Waals surface area contributed by atoms with Gasteiger partial charge in [0.2, 0.25) is 11.8 Å². The summed E-state index contributed by atoms with van der Waals surface area (Å²) < 4.78 is 0. The quantitative estimate of drug-likeness (QED) is 0.617. The van der Waals surface area contributed by atoms with E-state index in [2.05, 4.69) is 16.6 Å². The molecule has 0 fully saturated rings. The molecule has 0 aromatic carbocycles. The fourth-order valence-corrected chi connectivity index (χ4v) is 1.00. The number of hydrogen-bond acceptors (Lipinski definition) is 2. The Hall–Kier alpha value is -1.50. The van der Waals surface area contributed by atoms with E-state index in [-0.39, 0.29) is 24.3 Å². The summed E-state index contributed by atoms with van der Waals surface area (Å²) in [6.45, 7) is 5.28. The highest BCUT2D eigenvalue weighted by Gasteiger charge is 2.21. The van der Waals surface area contributed by atoms with Gasteiger partial charge in [0, 0.05) is 6.92 Å². The third-order valence-corrected chi connectivity index (χ3v) is 1.67. The van der Waals surface area contributed by atoms with Crippen molar-refractivity contribution in [2.75, 3.05) is 6.54 Å². The van der Waals surface area contributed by atoms with Crippen molar-refractivity contribution >= 4 is 11.8 Å². The number of rotatable bonds is 4. The fourth-order valence-electron chi connectivity index (χ4n) is 1.00. The van der Waals surface area contributed by atoms with Crippen molar-refractivity contribution in [2.24, 2.45) is 5.92 Å². The van der Waals surface area contributed by atoms with Crippen LogP contribution in [0.5, 0.6) is 0 Å². The number of nitrogens with one attached hydrogen (secondary N) is 2. The minimum absolute atomic E-state index is 0.0386. The van der Waals surface area contributed by atoms with Crippen LogP contribution < -0.4 is 10.6 Å². The highest BCUT2D eigenvalue weighted by atomic mass is 16.2. The molecule has 0 aliphatic heterocycles. The first-order valence-corrected chi connectivity index (χ1v) is 4.47. The van der Waals surface area contributed by atoms with E-state index in [1.165, 1.54) is 6.92 Å². The Balaban J connectivity index is 4.27. The molecule has 0 spiro atoms. The van der Waals surface area contributed by atoms with Crippen molar-refractivity contribution in [1.82, 2.24) is 10.6 Å². The average Bonchev–Trinajstić information content (AvgIpc) is 2.09. The highest BCUT2D eigenvalue weighted by molar-refractivity contribution is 5.87. The van der Waals surface area contributed by atoms with Crippen LogP contribution in [-0.2, 0) is 9.59 Å². The van der Waals surface area contributed by atoms with Crippen LogP contribution in [0, 0.1) is 18.3 Å². The number of carbonyl (C=O) groups is 2. The molecule has 0 aliphatic carbocycles. The van der Waals surface area contributed by atoms with Crippen LogP contribution in [0.15, 0.2) is 0 Å². The van der Waals surface area contributed by atoms with Crippen LogP contribution in [0.3, 0.4) is 0 Å². The van der Waals surface area contributed by atoms with Gasteiger partial charge in [-0.05, 0) is 5.92 Å². The van der Waals surface area contributed by atoms with E-state index in [4.69, 9.17) is 6.42 Å². The molecule has 4 nitrogen and oxygen atoms in total. The van der Waals surface area contributed by atoms with E-state index < -0.39 is 6.04 Å². The lowest BCUT2D eigenvalue weighted by Crippen LogP contribution is -2.49. The molecule has 0 aromatic heterocycles. The molecule has 0 saturated carbocycles. The fraction of sp³-hybridized carbons (Fsp3) is 0.600. The largest absolute Gasteiger partial charge is 0.344 e. The summed E-state index contributed by atoms with van der Waals surface area (Å²) in [6.07, 6.45) is 5.00. The molecule has 4 heteroatoms. The molecule has 0 unspecified atom stereocenters. The Kier molecular flexibility index (Phi) is 5.38. The molecule has 0 bridgehead atoms. The minimum atomic E-state index is -0.513. The van der Waals surface area contributed by atoms with E-state index in [9.17, 15) is 9.59 Å².